The lowest BCUT2D eigenvalue weighted by molar-refractivity contribution is -0.119. The van der Waals surface area contributed by atoms with Gasteiger partial charge in [0.1, 0.15) is 18.4 Å². The molecule has 3 aromatic rings. The summed E-state index contributed by atoms with van der Waals surface area (Å²) in [5.41, 5.74) is 6.84. The fraction of sp³-hybridized carbons (Fsp3) is 0.0588. The van der Waals surface area contributed by atoms with E-state index in [2.05, 4.69) is 31.4 Å². The van der Waals surface area contributed by atoms with E-state index < -0.39 is 5.91 Å². The molecule has 1 heterocycles. The highest BCUT2D eigenvalue weighted by molar-refractivity contribution is 9.10. The quantitative estimate of drug-likeness (QED) is 0.640. The van der Waals surface area contributed by atoms with Crippen molar-refractivity contribution in [1.29, 1.82) is 0 Å². The molecule has 8 nitrogen and oxygen atoms in total. The Hall–Kier alpha value is -3.20. The lowest BCUT2D eigenvalue weighted by atomic mass is 10.1. The summed E-state index contributed by atoms with van der Waals surface area (Å²) in [6.45, 7) is -0.200. The number of hydrogen-bond acceptors (Lipinski definition) is 5. The van der Waals surface area contributed by atoms with E-state index >= 15 is 0 Å². The van der Waals surface area contributed by atoms with Gasteiger partial charge < -0.3 is 15.8 Å². The number of carbonyl (C=O) groups is 2. The fourth-order valence-corrected chi connectivity index (χ4v) is 2.60. The smallest absolute Gasteiger partial charge is 0.256 e. The van der Waals surface area contributed by atoms with Gasteiger partial charge in [-0.05, 0) is 58.4 Å². The lowest BCUT2D eigenvalue weighted by Crippen LogP contribution is -2.20. The zero-order chi connectivity index (χ0) is 18.5. The van der Waals surface area contributed by atoms with E-state index in [0.717, 1.165) is 5.69 Å². The van der Waals surface area contributed by atoms with Crippen LogP contribution < -0.4 is 15.8 Å². The molecular formula is C17H14BrN5O3. The van der Waals surface area contributed by atoms with E-state index in [0.29, 0.717) is 21.5 Å². The lowest BCUT2D eigenvalue weighted by Gasteiger charge is -2.10. The number of carbonyl (C=O) groups excluding carboxylic acids is 2. The van der Waals surface area contributed by atoms with Crippen molar-refractivity contribution >= 4 is 33.4 Å². The summed E-state index contributed by atoms with van der Waals surface area (Å²) in [4.78, 5) is 23.3. The molecule has 2 aromatic carbocycles. The van der Waals surface area contributed by atoms with Gasteiger partial charge >= 0.3 is 0 Å². The maximum absolute atomic E-state index is 12.6. The van der Waals surface area contributed by atoms with Crippen molar-refractivity contribution in [1.82, 2.24) is 14.8 Å². The molecule has 0 fully saturated rings. The predicted octanol–water partition coefficient (Wildman–Crippen LogP) is 2.15. The third kappa shape index (κ3) is 4.25. The molecule has 0 aliphatic rings. The van der Waals surface area contributed by atoms with Crippen LogP contribution in [-0.4, -0.2) is 33.2 Å². The number of halogens is 1. The topological polar surface area (TPSA) is 112 Å². The van der Waals surface area contributed by atoms with Crippen LogP contribution in [-0.2, 0) is 4.79 Å². The standard InChI is InChI=1S/C17H14BrN5O3/c18-15-6-3-12(23-9-20-21-10-23)7-14(15)17(25)22-11-1-4-13(5-2-11)26-8-16(19)24/h1-7,9-10H,8H2,(H2,19,24)(H,22,25). The summed E-state index contributed by atoms with van der Waals surface area (Å²) in [5.74, 6) is -0.351. The maximum atomic E-state index is 12.6. The first kappa shape index (κ1) is 17.6. The van der Waals surface area contributed by atoms with Crippen molar-refractivity contribution in [3.63, 3.8) is 0 Å². The molecule has 0 aliphatic heterocycles. The summed E-state index contributed by atoms with van der Waals surface area (Å²) >= 11 is 3.39. The van der Waals surface area contributed by atoms with E-state index in [9.17, 15) is 9.59 Å². The van der Waals surface area contributed by atoms with Crippen LogP contribution >= 0.6 is 15.9 Å². The van der Waals surface area contributed by atoms with Crippen molar-refractivity contribution in [2.45, 2.75) is 0 Å². The summed E-state index contributed by atoms with van der Waals surface area (Å²) in [6, 6.07) is 12.0. The molecule has 2 amide bonds. The van der Waals surface area contributed by atoms with Crippen LogP contribution in [0.15, 0.2) is 59.6 Å². The van der Waals surface area contributed by atoms with Gasteiger partial charge in [0.2, 0.25) is 0 Å². The second-order valence-electron chi connectivity index (χ2n) is 5.27. The van der Waals surface area contributed by atoms with Crippen LogP contribution in [0.25, 0.3) is 5.69 Å². The molecule has 0 spiro atoms. The molecule has 0 saturated carbocycles. The first-order valence-corrected chi connectivity index (χ1v) is 8.29. The highest BCUT2D eigenvalue weighted by atomic mass is 79.9. The molecular weight excluding hydrogens is 402 g/mol. The maximum Gasteiger partial charge on any atom is 0.256 e. The Labute approximate surface area is 157 Å². The Morgan fingerprint density at radius 2 is 1.81 bits per heavy atom. The fourth-order valence-electron chi connectivity index (χ4n) is 2.17. The normalized spacial score (nSPS) is 10.3. The van der Waals surface area contributed by atoms with Crippen LogP contribution in [0.1, 0.15) is 10.4 Å². The number of benzene rings is 2. The number of hydrogen-bond donors (Lipinski definition) is 2. The molecule has 0 atom stereocenters. The van der Waals surface area contributed by atoms with Crippen molar-refractivity contribution in [2.24, 2.45) is 5.73 Å². The summed E-state index contributed by atoms with van der Waals surface area (Å²) in [6.07, 6.45) is 3.10. The van der Waals surface area contributed by atoms with Crippen molar-refractivity contribution in [3.05, 3.63) is 65.2 Å². The first-order valence-electron chi connectivity index (χ1n) is 7.50. The number of rotatable bonds is 6. The molecule has 0 radical (unpaired) electrons. The first-order chi connectivity index (χ1) is 12.5. The average Bonchev–Trinajstić information content (AvgIpc) is 3.16. The SMILES string of the molecule is NC(=O)COc1ccc(NC(=O)c2cc(-n3cnnc3)ccc2Br)cc1. The van der Waals surface area contributed by atoms with E-state index in [-0.39, 0.29) is 12.5 Å². The minimum atomic E-state index is -0.555. The van der Waals surface area contributed by atoms with Crippen LogP contribution in [0.2, 0.25) is 0 Å². The Morgan fingerprint density at radius 1 is 1.12 bits per heavy atom. The van der Waals surface area contributed by atoms with Gasteiger partial charge in [-0.1, -0.05) is 0 Å². The molecule has 0 aliphatic carbocycles. The van der Waals surface area contributed by atoms with Crippen molar-refractivity contribution in [2.75, 3.05) is 11.9 Å². The number of amides is 2. The summed E-state index contributed by atoms with van der Waals surface area (Å²) in [5, 5.41) is 10.3. The highest BCUT2D eigenvalue weighted by Gasteiger charge is 2.12. The number of primary amides is 1. The number of anilines is 1. The highest BCUT2D eigenvalue weighted by Crippen LogP contribution is 2.22. The molecule has 1 aromatic heterocycles. The number of nitrogens with one attached hydrogen (secondary N) is 1. The van der Waals surface area contributed by atoms with Gasteiger partial charge in [-0.15, -0.1) is 10.2 Å². The molecule has 9 heteroatoms. The molecule has 3 rings (SSSR count). The molecule has 0 unspecified atom stereocenters. The third-order valence-corrected chi connectivity index (χ3v) is 4.10. The number of nitrogens with two attached hydrogens (primary N) is 1. The van der Waals surface area contributed by atoms with Crippen molar-refractivity contribution in [3.8, 4) is 11.4 Å². The molecule has 3 N–H and O–H groups in total. The number of ether oxygens (including phenoxy) is 1. The minimum Gasteiger partial charge on any atom is -0.484 e. The van der Waals surface area contributed by atoms with E-state index in [4.69, 9.17) is 10.5 Å². The van der Waals surface area contributed by atoms with Crippen molar-refractivity contribution < 1.29 is 14.3 Å². The van der Waals surface area contributed by atoms with E-state index in [1.54, 1.807) is 53.6 Å². The van der Waals surface area contributed by atoms with Gasteiger partial charge in [0, 0.05) is 15.8 Å². The van der Waals surface area contributed by atoms with Gasteiger partial charge in [-0.25, -0.2) is 0 Å². The van der Waals surface area contributed by atoms with Gasteiger partial charge in [0.15, 0.2) is 6.61 Å². The Morgan fingerprint density at radius 3 is 2.46 bits per heavy atom. The van der Waals surface area contributed by atoms with Gasteiger partial charge in [-0.2, -0.15) is 0 Å². The van der Waals surface area contributed by atoms with E-state index in [1.807, 2.05) is 6.07 Å². The Bertz CT molecular complexity index is 926. The largest absolute Gasteiger partial charge is 0.484 e. The number of aromatic nitrogens is 3. The third-order valence-electron chi connectivity index (χ3n) is 3.40. The number of nitrogens with zero attached hydrogens (tertiary/aromatic N) is 3. The monoisotopic (exact) mass is 415 g/mol. The van der Waals surface area contributed by atoms with Crippen LogP contribution in [0.4, 0.5) is 5.69 Å². The van der Waals surface area contributed by atoms with Gasteiger partial charge in [-0.3, -0.25) is 14.2 Å². The molecule has 0 bridgehead atoms. The molecule has 132 valence electrons. The summed E-state index contributed by atoms with van der Waals surface area (Å²) in [7, 11) is 0. The van der Waals surface area contributed by atoms with Gasteiger partial charge in [0.25, 0.3) is 11.8 Å². The van der Waals surface area contributed by atoms with E-state index in [1.165, 1.54) is 0 Å². The molecule has 0 saturated heterocycles. The zero-order valence-corrected chi connectivity index (χ0v) is 15.0. The van der Waals surface area contributed by atoms with Crippen LogP contribution in [0, 0.1) is 0 Å². The Balaban J connectivity index is 1.73. The minimum absolute atomic E-state index is 0.200. The average molecular weight is 416 g/mol. The van der Waals surface area contributed by atoms with Crippen LogP contribution in [0.3, 0.4) is 0 Å². The second kappa shape index (κ2) is 7.79. The van der Waals surface area contributed by atoms with Gasteiger partial charge in [0.05, 0.1) is 5.56 Å². The zero-order valence-electron chi connectivity index (χ0n) is 13.4. The Kier molecular flexibility index (Phi) is 5.28. The summed E-state index contributed by atoms with van der Waals surface area (Å²) < 4.78 is 7.54. The van der Waals surface area contributed by atoms with Crippen LogP contribution in [0.5, 0.6) is 5.75 Å². The molecule has 26 heavy (non-hydrogen) atoms. The second-order valence-corrected chi connectivity index (χ2v) is 6.12. The predicted molar refractivity (Wildman–Crippen MR) is 98.1 cm³/mol.